The van der Waals surface area contributed by atoms with Crippen LogP contribution in [-0.2, 0) is 14.3 Å². The van der Waals surface area contributed by atoms with Gasteiger partial charge in [-0.05, 0) is 19.1 Å². The highest BCUT2D eigenvalue weighted by Gasteiger charge is 2.38. The summed E-state index contributed by atoms with van der Waals surface area (Å²) >= 11 is 0. The first-order chi connectivity index (χ1) is 12.1. The molecule has 0 N–H and O–H groups in total. The first kappa shape index (κ1) is 16.5. The monoisotopic (exact) mass is 332 g/mol. The van der Waals surface area contributed by atoms with Gasteiger partial charge in [-0.3, -0.25) is 9.59 Å². The Bertz CT molecular complexity index is 924. The number of carbonyl (C=O) groups is 2. The SMILES string of the molecule is CCO/C(=C1/C(=O)N(C(C)=O)c2cc(C#N)ccc21)c1ccccc1. The second-order valence-corrected chi connectivity index (χ2v) is 5.51. The molecule has 0 saturated heterocycles. The van der Waals surface area contributed by atoms with E-state index >= 15 is 0 Å². The van der Waals surface area contributed by atoms with Crippen LogP contribution in [0.5, 0.6) is 0 Å². The van der Waals surface area contributed by atoms with E-state index in [-0.39, 0.29) is 0 Å². The van der Waals surface area contributed by atoms with E-state index in [1.54, 1.807) is 18.2 Å². The molecule has 2 aromatic carbocycles. The van der Waals surface area contributed by atoms with Gasteiger partial charge in [-0.2, -0.15) is 5.26 Å². The van der Waals surface area contributed by atoms with Gasteiger partial charge in [0.1, 0.15) is 5.76 Å². The van der Waals surface area contributed by atoms with Gasteiger partial charge in [0.2, 0.25) is 5.91 Å². The van der Waals surface area contributed by atoms with Crippen molar-refractivity contribution in [1.82, 2.24) is 0 Å². The molecule has 0 aliphatic carbocycles. The number of benzene rings is 2. The molecule has 0 saturated carbocycles. The third-order valence-corrected chi connectivity index (χ3v) is 3.92. The normalized spacial score (nSPS) is 14.8. The Morgan fingerprint density at radius 2 is 1.92 bits per heavy atom. The smallest absolute Gasteiger partial charge is 0.269 e. The molecule has 124 valence electrons. The van der Waals surface area contributed by atoms with E-state index in [1.807, 2.05) is 43.3 Å². The lowest BCUT2D eigenvalue weighted by atomic mass is 10.0. The molecule has 0 aromatic heterocycles. The average Bonchev–Trinajstić information content (AvgIpc) is 2.91. The number of hydrogen-bond donors (Lipinski definition) is 0. The number of nitrogens with zero attached hydrogens (tertiary/aromatic N) is 2. The minimum atomic E-state index is -0.440. The first-order valence-electron chi connectivity index (χ1n) is 7.90. The van der Waals surface area contributed by atoms with E-state index in [0.29, 0.717) is 34.8 Å². The van der Waals surface area contributed by atoms with Crippen LogP contribution >= 0.6 is 0 Å². The van der Waals surface area contributed by atoms with Crippen molar-refractivity contribution in [2.75, 3.05) is 11.5 Å². The molecule has 25 heavy (non-hydrogen) atoms. The fraction of sp³-hybridized carbons (Fsp3) is 0.150. The quantitative estimate of drug-likeness (QED) is 0.638. The fourth-order valence-corrected chi connectivity index (χ4v) is 2.90. The molecule has 0 unspecified atom stereocenters. The number of amides is 2. The molecule has 5 nitrogen and oxygen atoms in total. The molecule has 1 heterocycles. The molecule has 1 aliphatic heterocycles. The molecule has 0 spiro atoms. The Hall–Kier alpha value is -3.39. The third-order valence-electron chi connectivity index (χ3n) is 3.92. The molecular formula is C20H16N2O3. The zero-order valence-electron chi connectivity index (χ0n) is 13.9. The van der Waals surface area contributed by atoms with E-state index in [0.717, 1.165) is 10.5 Å². The van der Waals surface area contributed by atoms with E-state index in [1.165, 1.54) is 6.92 Å². The maximum Gasteiger partial charge on any atom is 0.269 e. The Balaban J connectivity index is 2.31. The van der Waals surface area contributed by atoms with Crippen LogP contribution in [-0.4, -0.2) is 18.4 Å². The summed E-state index contributed by atoms with van der Waals surface area (Å²) in [6.07, 6.45) is 0. The van der Waals surface area contributed by atoms with Crippen molar-refractivity contribution in [3.8, 4) is 6.07 Å². The van der Waals surface area contributed by atoms with Crippen molar-refractivity contribution < 1.29 is 14.3 Å². The maximum absolute atomic E-state index is 13.0. The van der Waals surface area contributed by atoms with Gasteiger partial charge >= 0.3 is 0 Å². The molecule has 5 heteroatoms. The number of anilines is 1. The van der Waals surface area contributed by atoms with Crippen molar-refractivity contribution in [3.63, 3.8) is 0 Å². The van der Waals surface area contributed by atoms with Crippen LogP contribution in [0.15, 0.2) is 48.5 Å². The number of fused-ring (bicyclic) bond motifs is 1. The van der Waals surface area contributed by atoms with Crippen molar-refractivity contribution in [2.24, 2.45) is 0 Å². The fourth-order valence-electron chi connectivity index (χ4n) is 2.90. The van der Waals surface area contributed by atoms with E-state index in [9.17, 15) is 9.59 Å². The predicted molar refractivity (Wildman–Crippen MR) is 94.2 cm³/mol. The van der Waals surface area contributed by atoms with E-state index < -0.39 is 11.8 Å². The number of ether oxygens (including phenoxy) is 1. The van der Waals surface area contributed by atoms with Gasteiger partial charge in [-0.1, -0.05) is 36.4 Å². The molecule has 2 aromatic rings. The molecule has 2 amide bonds. The van der Waals surface area contributed by atoms with Gasteiger partial charge in [0.05, 0.1) is 29.5 Å². The topological polar surface area (TPSA) is 70.4 Å². The molecule has 0 radical (unpaired) electrons. The van der Waals surface area contributed by atoms with Crippen LogP contribution in [0.3, 0.4) is 0 Å². The standard InChI is InChI=1S/C20H16N2O3/c1-3-25-19(15-7-5-4-6-8-15)18-16-10-9-14(12-21)11-17(16)22(13(2)23)20(18)24/h4-11H,3H2,1-2H3/b19-18+. The highest BCUT2D eigenvalue weighted by atomic mass is 16.5. The average molecular weight is 332 g/mol. The second kappa shape index (κ2) is 6.62. The largest absolute Gasteiger partial charge is 0.492 e. The highest BCUT2D eigenvalue weighted by Crippen LogP contribution is 2.41. The Labute approximate surface area is 145 Å². The molecule has 1 aliphatic rings. The maximum atomic E-state index is 13.0. The van der Waals surface area contributed by atoms with Crippen molar-refractivity contribution in [3.05, 3.63) is 65.2 Å². The van der Waals surface area contributed by atoms with Crippen LogP contribution in [0.1, 0.15) is 30.5 Å². The summed E-state index contributed by atoms with van der Waals surface area (Å²) in [4.78, 5) is 26.1. The van der Waals surface area contributed by atoms with Gasteiger partial charge < -0.3 is 4.74 Å². The lowest BCUT2D eigenvalue weighted by Crippen LogP contribution is -2.31. The van der Waals surface area contributed by atoms with Gasteiger partial charge in [0.15, 0.2) is 0 Å². The van der Waals surface area contributed by atoms with Gasteiger partial charge in [0.25, 0.3) is 5.91 Å². The highest BCUT2D eigenvalue weighted by molar-refractivity contribution is 6.42. The van der Waals surface area contributed by atoms with Crippen LogP contribution in [0, 0.1) is 11.3 Å². The van der Waals surface area contributed by atoms with Crippen molar-refractivity contribution >= 4 is 28.8 Å². The number of rotatable bonds is 3. The number of imide groups is 1. The van der Waals surface area contributed by atoms with Crippen LogP contribution in [0.25, 0.3) is 11.3 Å². The predicted octanol–water partition coefficient (Wildman–Crippen LogP) is 3.36. The van der Waals surface area contributed by atoms with Crippen LogP contribution in [0.4, 0.5) is 5.69 Å². The summed E-state index contributed by atoms with van der Waals surface area (Å²) < 4.78 is 5.78. The van der Waals surface area contributed by atoms with Gasteiger partial charge in [-0.25, -0.2) is 4.90 Å². The molecule has 3 rings (SSSR count). The van der Waals surface area contributed by atoms with E-state index in [2.05, 4.69) is 0 Å². The summed E-state index contributed by atoms with van der Waals surface area (Å²) in [5.74, 6) is -0.409. The Morgan fingerprint density at radius 3 is 2.52 bits per heavy atom. The second-order valence-electron chi connectivity index (χ2n) is 5.51. The van der Waals surface area contributed by atoms with Crippen LogP contribution in [0.2, 0.25) is 0 Å². The van der Waals surface area contributed by atoms with E-state index in [4.69, 9.17) is 10.00 Å². The molecule has 0 fully saturated rings. The lowest BCUT2D eigenvalue weighted by Gasteiger charge is -2.13. The Kier molecular flexibility index (Phi) is 4.36. The summed E-state index contributed by atoms with van der Waals surface area (Å²) in [5, 5.41) is 9.12. The third kappa shape index (κ3) is 2.79. The van der Waals surface area contributed by atoms with Crippen molar-refractivity contribution in [1.29, 1.82) is 5.26 Å². The first-order valence-corrected chi connectivity index (χ1v) is 7.90. The minimum absolute atomic E-state index is 0.336. The molecular weight excluding hydrogens is 316 g/mol. The van der Waals surface area contributed by atoms with Gasteiger partial charge in [-0.15, -0.1) is 0 Å². The molecule has 0 bridgehead atoms. The number of hydrogen-bond acceptors (Lipinski definition) is 4. The van der Waals surface area contributed by atoms with Crippen LogP contribution < -0.4 is 4.90 Å². The summed E-state index contributed by atoms with van der Waals surface area (Å²) in [6.45, 7) is 3.55. The molecule has 0 atom stereocenters. The lowest BCUT2D eigenvalue weighted by molar-refractivity contribution is -0.122. The number of carbonyl (C=O) groups excluding carboxylic acids is 2. The summed E-state index contributed by atoms with van der Waals surface area (Å²) in [7, 11) is 0. The zero-order valence-corrected chi connectivity index (χ0v) is 13.9. The number of nitriles is 1. The van der Waals surface area contributed by atoms with Gasteiger partial charge in [0, 0.05) is 18.1 Å². The summed E-state index contributed by atoms with van der Waals surface area (Å²) in [5.41, 5.74) is 2.49. The minimum Gasteiger partial charge on any atom is -0.492 e. The zero-order chi connectivity index (χ0) is 18.0. The summed E-state index contributed by atoms with van der Waals surface area (Å²) in [6, 6.07) is 16.2. The van der Waals surface area contributed by atoms with Crippen molar-refractivity contribution in [2.45, 2.75) is 13.8 Å². The Morgan fingerprint density at radius 1 is 1.20 bits per heavy atom.